The van der Waals surface area contributed by atoms with E-state index in [-0.39, 0.29) is 5.41 Å². The molecule has 0 saturated carbocycles. The van der Waals surface area contributed by atoms with Gasteiger partial charge < -0.3 is 5.32 Å². The van der Waals surface area contributed by atoms with Crippen LogP contribution in [0, 0.1) is 0 Å². The van der Waals surface area contributed by atoms with Gasteiger partial charge in [0.2, 0.25) is 0 Å². The van der Waals surface area contributed by atoms with Crippen LogP contribution in [0.25, 0.3) is 0 Å². The van der Waals surface area contributed by atoms with Crippen LogP contribution in [0.3, 0.4) is 0 Å². The number of hydrogen-bond acceptors (Lipinski definition) is 2. The van der Waals surface area contributed by atoms with Crippen LogP contribution >= 0.6 is 0 Å². The fraction of sp³-hybridized carbons (Fsp3) is 0.600. The molecule has 1 N–H and O–H groups in total. The first-order valence-electron chi connectivity index (χ1n) is 6.63. The Morgan fingerprint density at radius 2 is 2.06 bits per heavy atom. The molecule has 0 spiro atoms. The molecule has 0 aliphatic carbocycles. The van der Waals surface area contributed by atoms with E-state index in [1.165, 1.54) is 11.1 Å². The third kappa shape index (κ3) is 2.67. The van der Waals surface area contributed by atoms with E-state index in [0.29, 0.717) is 6.04 Å². The van der Waals surface area contributed by atoms with Crippen LogP contribution in [0.15, 0.2) is 23.1 Å². The minimum Gasteiger partial charge on any atom is -0.313 e. The highest BCUT2D eigenvalue weighted by Crippen LogP contribution is 2.33. The Morgan fingerprint density at radius 3 is 2.67 bits per heavy atom. The quantitative estimate of drug-likeness (QED) is 0.845. The molecule has 0 aromatic heterocycles. The first-order valence-corrected chi connectivity index (χ1v) is 7.95. The molecule has 1 aliphatic heterocycles. The fourth-order valence-corrected chi connectivity index (χ4v) is 3.81. The van der Waals surface area contributed by atoms with Crippen molar-refractivity contribution < 1.29 is 4.21 Å². The van der Waals surface area contributed by atoms with Crippen molar-refractivity contribution in [1.29, 1.82) is 0 Å². The summed E-state index contributed by atoms with van der Waals surface area (Å²) in [5.74, 6) is 0.792. The van der Waals surface area contributed by atoms with E-state index in [1.807, 2.05) is 7.05 Å². The van der Waals surface area contributed by atoms with Crippen LogP contribution in [-0.4, -0.2) is 17.0 Å². The van der Waals surface area contributed by atoms with E-state index >= 15 is 0 Å². The van der Waals surface area contributed by atoms with Crippen molar-refractivity contribution in [2.75, 3.05) is 12.8 Å². The van der Waals surface area contributed by atoms with Gasteiger partial charge in [-0.1, -0.05) is 32.9 Å². The molecule has 0 bridgehead atoms. The molecule has 2 atom stereocenters. The molecule has 1 heterocycles. The zero-order chi connectivity index (χ0) is 13.3. The van der Waals surface area contributed by atoms with Crippen molar-refractivity contribution in [3.8, 4) is 0 Å². The SMILES string of the molecule is CNC1CCCS(=O)c2ccc(C(C)(C)C)cc21. The first-order chi connectivity index (χ1) is 8.43. The molecule has 0 amide bonds. The molecular weight excluding hydrogens is 242 g/mol. The van der Waals surface area contributed by atoms with Crippen molar-refractivity contribution in [2.45, 2.75) is 50.0 Å². The second-order valence-electron chi connectivity index (χ2n) is 6.04. The van der Waals surface area contributed by atoms with Gasteiger partial charge in [0.05, 0.1) is 10.8 Å². The van der Waals surface area contributed by atoms with Crippen LogP contribution in [0.4, 0.5) is 0 Å². The second-order valence-corrected chi connectivity index (χ2v) is 7.57. The Morgan fingerprint density at radius 1 is 1.33 bits per heavy atom. The number of fused-ring (bicyclic) bond motifs is 1. The van der Waals surface area contributed by atoms with Gasteiger partial charge in [-0.15, -0.1) is 0 Å². The molecule has 2 nitrogen and oxygen atoms in total. The van der Waals surface area contributed by atoms with Gasteiger partial charge in [0.1, 0.15) is 0 Å². The third-order valence-corrected chi connectivity index (χ3v) is 5.19. The summed E-state index contributed by atoms with van der Waals surface area (Å²) in [5, 5.41) is 3.36. The van der Waals surface area contributed by atoms with Crippen LogP contribution in [0.1, 0.15) is 50.8 Å². The lowest BCUT2D eigenvalue weighted by molar-refractivity contribution is 0.535. The van der Waals surface area contributed by atoms with Gasteiger partial charge in [0.25, 0.3) is 0 Å². The predicted molar refractivity (Wildman–Crippen MR) is 77.5 cm³/mol. The average molecular weight is 265 g/mol. The minimum atomic E-state index is -0.830. The van der Waals surface area contributed by atoms with E-state index in [1.54, 1.807) is 0 Å². The lowest BCUT2D eigenvalue weighted by Gasteiger charge is -2.23. The van der Waals surface area contributed by atoms with Crippen LogP contribution in [0.5, 0.6) is 0 Å². The predicted octanol–water partition coefficient (Wildman–Crippen LogP) is 3.15. The van der Waals surface area contributed by atoms with Gasteiger partial charge in [-0.2, -0.15) is 0 Å². The monoisotopic (exact) mass is 265 g/mol. The third-order valence-electron chi connectivity index (χ3n) is 3.67. The Labute approximate surface area is 113 Å². The van der Waals surface area contributed by atoms with Crippen molar-refractivity contribution in [1.82, 2.24) is 5.32 Å². The van der Waals surface area contributed by atoms with Gasteiger partial charge in [0.15, 0.2) is 0 Å². The van der Waals surface area contributed by atoms with Gasteiger partial charge in [0, 0.05) is 16.7 Å². The minimum absolute atomic E-state index is 0.140. The summed E-state index contributed by atoms with van der Waals surface area (Å²) < 4.78 is 12.2. The Bertz CT molecular complexity index is 462. The van der Waals surface area contributed by atoms with Crippen molar-refractivity contribution in [2.24, 2.45) is 0 Å². The van der Waals surface area contributed by atoms with Gasteiger partial charge in [-0.25, -0.2) is 0 Å². The molecule has 3 heteroatoms. The molecule has 1 aromatic carbocycles. The van der Waals surface area contributed by atoms with E-state index in [9.17, 15) is 4.21 Å². The molecule has 0 fully saturated rings. The summed E-state index contributed by atoms with van der Waals surface area (Å²) in [6.45, 7) is 6.66. The maximum atomic E-state index is 12.2. The van der Waals surface area contributed by atoms with Crippen molar-refractivity contribution in [3.05, 3.63) is 29.3 Å². The van der Waals surface area contributed by atoms with Crippen LogP contribution < -0.4 is 5.32 Å². The lowest BCUT2D eigenvalue weighted by atomic mass is 9.85. The molecular formula is C15H23NOS. The van der Waals surface area contributed by atoms with Gasteiger partial charge in [-0.05, 0) is 42.5 Å². The maximum absolute atomic E-state index is 12.2. The van der Waals surface area contributed by atoms with E-state index in [2.05, 4.69) is 44.3 Å². The molecule has 0 saturated heterocycles. The largest absolute Gasteiger partial charge is 0.313 e. The Kier molecular flexibility index (Phi) is 3.93. The standard InChI is InChI=1S/C15H23NOS/c1-15(2,3)11-7-8-14-12(10-11)13(16-4)6-5-9-18(14)17/h7-8,10,13,16H,5-6,9H2,1-4H3. The second kappa shape index (κ2) is 5.14. The average Bonchev–Trinajstić information content (AvgIpc) is 2.47. The van der Waals surface area contributed by atoms with Gasteiger partial charge in [-0.3, -0.25) is 4.21 Å². The molecule has 1 aliphatic rings. The van der Waals surface area contributed by atoms with Crippen LogP contribution in [-0.2, 0) is 16.2 Å². The summed E-state index contributed by atoms with van der Waals surface area (Å²) in [4.78, 5) is 1.03. The Hall–Kier alpha value is -0.670. The summed E-state index contributed by atoms with van der Waals surface area (Å²) in [6, 6.07) is 6.80. The van der Waals surface area contributed by atoms with Gasteiger partial charge >= 0.3 is 0 Å². The first kappa shape index (κ1) is 13.8. The molecule has 2 rings (SSSR count). The lowest BCUT2D eigenvalue weighted by Crippen LogP contribution is -2.18. The molecule has 1 aromatic rings. The Balaban J connectivity index is 2.53. The number of rotatable bonds is 1. The normalized spacial score (nSPS) is 24.4. The highest BCUT2D eigenvalue weighted by atomic mass is 32.2. The number of hydrogen-bond donors (Lipinski definition) is 1. The maximum Gasteiger partial charge on any atom is 0.0532 e. The van der Waals surface area contributed by atoms with Crippen molar-refractivity contribution >= 4 is 10.8 Å². The molecule has 0 radical (unpaired) electrons. The summed E-state index contributed by atoms with van der Waals surface area (Å²) in [7, 11) is 1.16. The molecule has 18 heavy (non-hydrogen) atoms. The van der Waals surface area contributed by atoms with Crippen molar-refractivity contribution in [3.63, 3.8) is 0 Å². The number of benzene rings is 1. The molecule has 2 unspecified atom stereocenters. The van der Waals surface area contributed by atoms with E-state index in [4.69, 9.17) is 0 Å². The topological polar surface area (TPSA) is 29.1 Å². The highest BCUT2D eigenvalue weighted by molar-refractivity contribution is 7.85. The zero-order valence-corrected chi connectivity index (χ0v) is 12.6. The summed E-state index contributed by atoms with van der Waals surface area (Å²) in [6.07, 6.45) is 2.10. The van der Waals surface area contributed by atoms with Crippen LogP contribution in [0.2, 0.25) is 0 Å². The summed E-state index contributed by atoms with van der Waals surface area (Å²) >= 11 is 0. The molecule has 100 valence electrons. The highest BCUT2D eigenvalue weighted by Gasteiger charge is 2.24. The summed E-state index contributed by atoms with van der Waals surface area (Å²) in [5.41, 5.74) is 2.70. The zero-order valence-electron chi connectivity index (χ0n) is 11.7. The fourth-order valence-electron chi connectivity index (χ4n) is 2.48. The smallest absolute Gasteiger partial charge is 0.0532 e. The van der Waals surface area contributed by atoms with E-state index in [0.717, 1.165) is 23.5 Å². The number of nitrogens with one attached hydrogen (secondary N) is 1. The van der Waals surface area contributed by atoms with E-state index < -0.39 is 10.8 Å².